The van der Waals surface area contributed by atoms with E-state index < -0.39 is 34.2 Å². The summed E-state index contributed by atoms with van der Waals surface area (Å²) in [5.74, 6) is -1.58. The molecule has 0 saturated carbocycles. The molecule has 0 aromatic heterocycles. The van der Waals surface area contributed by atoms with Gasteiger partial charge in [-0.3, -0.25) is 9.59 Å². The van der Waals surface area contributed by atoms with Gasteiger partial charge < -0.3 is 10.6 Å². The van der Waals surface area contributed by atoms with Gasteiger partial charge >= 0.3 is 0 Å². The Morgan fingerprint density at radius 1 is 0.893 bits per heavy atom. The van der Waals surface area contributed by atoms with Gasteiger partial charge in [-0.2, -0.15) is 0 Å². The van der Waals surface area contributed by atoms with Crippen LogP contribution in [0.1, 0.15) is 16.7 Å². The van der Waals surface area contributed by atoms with Crippen molar-refractivity contribution in [1.29, 1.82) is 0 Å². The molecule has 0 spiro atoms. The van der Waals surface area contributed by atoms with Gasteiger partial charge in [0.25, 0.3) is 0 Å². The van der Waals surface area contributed by atoms with E-state index in [1.54, 1.807) is 19.9 Å². The first-order chi connectivity index (χ1) is 13.1. The second-order valence-corrected chi connectivity index (χ2v) is 8.12. The summed E-state index contributed by atoms with van der Waals surface area (Å²) in [5, 5.41) is 4.87. The summed E-state index contributed by atoms with van der Waals surface area (Å²) < 4.78 is 39.7. The Hall–Kier alpha value is -2.78. The van der Waals surface area contributed by atoms with E-state index in [2.05, 4.69) is 15.4 Å². The number of carbonyl (C=O) groups is 2. The SMILES string of the molecule is Cc1ccc(S(=O)(=O)NCC(=O)NCC(=O)Nc2ccc(F)cc2C)cc1C. The number of hydrogen-bond acceptors (Lipinski definition) is 4. The Labute approximate surface area is 163 Å². The van der Waals surface area contributed by atoms with Crippen molar-refractivity contribution in [2.75, 3.05) is 18.4 Å². The maximum atomic E-state index is 13.1. The van der Waals surface area contributed by atoms with Crippen molar-refractivity contribution in [1.82, 2.24) is 10.0 Å². The molecule has 2 aromatic carbocycles. The zero-order valence-electron chi connectivity index (χ0n) is 15.8. The van der Waals surface area contributed by atoms with Gasteiger partial charge in [0.2, 0.25) is 21.8 Å². The third-order valence-corrected chi connectivity index (χ3v) is 5.52. The predicted molar refractivity (Wildman–Crippen MR) is 104 cm³/mol. The molecule has 0 aliphatic carbocycles. The molecular formula is C19H22FN3O4S. The number of hydrogen-bond donors (Lipinski definition) is 3. The normalized spacial score (nSPS) is 11.1. The molecule has 0 atom stereocenters. The van der Waals surface area contributed by atoms with Gasteiger partial charge in [0.15, 0.2) is 0 Å². The van der Waals surface area contributed by atoms with Crippen LogP contribution in [0.3, 0.4) is 0 Å². The number of anilines is 1. The second-order valence-electron chi connectivity index (χ2n) is 6.35. The molecule has 0 radical (unpaired) electrons. The Morgan fingerprint density at radius 2 is 1.61 bits per heavy atom. The highest BCUT2D eigenvalue weighted by Crippen LogP contribution is 2.15. The lowest BCUT2D eigenvalue weighted by atomic mass is 10.1. The molecule has 0 fully saturated rings. The van der Waals surface area contributed by atoms with Crippen LogP contribution < -0.4 is 15.4 Å². The summed E-state index contributed by atoms with van der Waals surface area (Å²) in [6.45, 7) is 4.45. The summed E-state index contributed by atoms with van der Waals surface area (Å²) in [4.78, 5) is 23.8. The van der Waals surface area contributed by atoms with Crippen molar-refractivity contribution in [3.63, 3.8) is 0 Å². The summed E-state index contributed by atoms with van der Waals surface area (Å²) in [6, 6.07) is 8.57. The first-order valence-corrected chi connectivity index (χ1v) is 9.96. The summed E-state index contributed by atoms with van der Waals surface area (Å²) in [5.41, 5.74) is 2.75. The first kappa shape index (κ1) is 21.5. The molecule has 0 saturated heterocycles. The molecule has 0 bridgehead atoms. The first-order valence-electron chi connectivity index (χ1n) is 8.48. The van der Waals surface area contributed by atoms with E-state index in [1.807, 2.05) is 6.92 Å². The molecule has 3 N–H and O–H groups in total. The number of benzene rings is 2. The van der Waals surface area contributed by atoms with Crippen LogP contribution in [0.5, 0.6) is 0 Å². The smallest absolute Gasteiger partial charge is 0.243 e. The van der Waals surface area contributed by atoms with Crippen LogP contribution in [0, 0.1) is 26.6 Å². The number of carbonyl (C=O) groups excluding carboxylic acids is 2. The quantitative estimate of drug-likeness (QED) is 0.651. The fourth-order valence-corrected chi connectivity index (χ4v) is 3.39. The standard InChI is InChI=1S/C19H22FN3O4S/c1-12-4-6-16(9-13(12)2)28(26,27)22-11-18(24)21-10-19(25)23-17-7-5-15(20)8-14(17)3/h4-9,22H,10-11H2,1-3H3,(H,21,24)(H,23,25). The minimum absolute atomic E-state index is 0.0629. The number of nitrogens with one attached hydrogen (secondary N) is 3. The van der Waals surface area contributed by atoms with Crippen molar-refractivity contribution < 1.29 is 22.4 Å². The Balaban J connectivity index is 1.84. The van der Waals surface area contributed by atoms with Crippen LogP contribution in [0.25, 0.3) is 0 Å². The van der Waals surface area contributed by atoms with Crippen molar-refractivity contribution in [2.24, 2.45) is 0 Å². The molecule has 0 aliphatic rings. The van der Waals surface area contributed by atoms with E-state index >= 15 is 0 Å². The molecule has 2 rings (SSSR count). The molecule has 0 unspecified atom stereocenters. The van der Waals surface area contributed by atoms with E-state index in [0.29, 0.717) is 11.3 Å². The van der Waals surface area contributed by atoms with Crippen molar-refractivity contribution >= 4 is 27.5 Å². The van der Waals surface area contributed by atoms with Crippen LogP contribution in [0.4, 0.5) is 10.1 Å². The third kappa shape index (κ3) is 5.86. The van der Waals surface area contributed by atoms with E-state index in [1.165, 1.54) is 30.3 Å². The maximum absolute atomic E-state index is 13.1. The van der Waals surface area contributed by atoms with Gasteiger partial charge in [-0.1, -0.05) is 6.07 Å². The summed E-state index contributed by atoms with van der Waals surface area (Å²) >= 11 is 0. The van der Waals surface area contributed by atoms with Crippen molar-refractivity contribution in [3.8, 4) is 0 Å². The fraction of sp³-hybridized carbons (Fsp3) is 0.263. The zero-order valence-corrected chi connectivity index (χ0v) is 16.6. The van der Waals surface area contributed by atoms with Gasteiger partial charge in [-0.15, -0.1) is 0 Å². The minimum Gasteiger partial charge on any atom is -0.346 e. The largest absolute Gasteiger partial charge is 0.346 e. The Morgan fingerprint density at radius 3 is 2.25 bits per heavy atom. The molecule has 28 heavy (non-hydrogen) atoms. The van der Waals surface area contributed by atoms with E-state index in [9.17, 15) is 22.4 Å². The minimum atomic E-state index is -3.84. The molecule has 2 amide bonds. The second kappa shape index (κ2) is 8.94. The monoisotopic (exact) mass is 407 g/mol. The van der Waals surface area contributed by atoms with Crippen molar-refractivity contribution in [3.05, 3.63) is 58.9 Å². The Bertz CT molecular complexity index is 1010. The van der Waals surface area contributed by atoms with Gasteiger partial charge in [0, 0.05) is 5.69 Å². The highest BCUT2D eigenvalue weighted by atomic mass is 32.2. The lowest BCUT2D eigenvalue weighted by molar-refractivity contribution is -0.123. The van der Waals surface area contributed by atoms with E-state index in [0.717, 1.165) is 11.1 Å². The lowest BCUT2D eigenvalue weighted by Crippen LogP contribution is -2.40. The molecule has 7 nitrogen and oxygen atoms in total. The maximum Gasteiger partial charge on any atom is 0.243 e. The number of halogens is 1. The highest BCUT2D eigenvalue weighted by molar-refractivity contribution is 7.89. The number of aryl methyl sites for hydroxylation is 3. The van der Waals surface area contributed by atoms with Crippen LogP contribution >= 0.6 is 0 Å². The van der Waals surface area contributed by atoms with E-state index in [-0.39, 0.29) is 11.4 Å². The molecular weight excluding hydrogens is 385 g/mol. The summed E-state index contributed by atoms with van der Waals surface area (Å²) in [7, 11) is -3.84. The number of sulfonamides is 1. The van der Waals surface area contributed by atoms with Crippen LogP contribution in [0.2, 0.25) is 0 Å². The number of amides is 2. The van der Waals surface area contributed by atoms with Gasteiger partial charge in [-0.05, 0) is 67.8 Å². The van der Waals surface area contributed by atoms with Gasteiger partial charge in [-0.25, -0.2) is 17.5 Å². The highest BCUT2D eigenvalue weighted by Gasteiger charge is 2.16. The fourth-order valence-electron chi connectivity index (χ4n) is 2.33. The average Bonchev–Trinajstić information content (AvgIpc) is 2.63. The molecule has 9 heteroatoms. The van der Waals surface area contributed by atoms with Gasteiger partial charge in [0.05, 0.1) is 18.0 Å². The van der Waals surface area contributed by atoms with Crippen LogP contribution in [0.15, 0.2) is 41.3 Å². The van der Waals surface area contributed by atoms with Gasteiger partial charge in [0.1, 0.15) is 5.82 Å². The molecule has 150 valence electrons. The van der Waals surface area contributed by atoms with Crippen LogP contribution in [-0.2, 0) is 19.6 Å². The third-order valence-electron chi connectivity index (χ3n) is 4.12. The lowest BCUT2D eigenvalue weighted by Gasteiger charge is -2.10. The topological polar surface area (TPSA) is 104 Å². The van der Waals surface area contributed by atoms with Crippen molar-refractivity contribution in [2.45, 2.75) is 25.7 Å². The average molecular weight is 407 g/mol. The number of rotatable bonds is 7. The van der Waals surface area contributed by atoms with Crippen LogP contribution in [-0.4, -0.2) is 33.3 Å². The van der Waals surface area contributed by atoms with E-state index in [4.69, 9.17) is 0 Å². The predicted octanol–water partition coefficient (Wildman–Crippen LogP) is 1.78. The summed E-state index contributed by atoms with van der Waals surface area (Å²) in [6.07, 6.45) is 0. The Kier molecular flexibility index (Phi) is 6.87. The zero-order chi connectivity index (χ0) is 20.9. The molecule has 2 aromatic rings. The molecule has 0 aliphatic heterocycles. The molecule has 0 heterocycles.